The lowest BCUT2D eigenvalue weighted by Gasteiger charge is -2.29. The van der Waals surface area contributed by atoms with Crippen molar-refractivity contribution >= 4 is 17.5 Å². The van der Waals surface area contributed by atoms with Gasteiger partial charge in [-0.15, -0.1) is 0 Å². The Morgan fingerprint density at radius 1 is 1.05 bits per heavy atom. The maximum absolute atomic E-state index is 13.8. The molecule has 4 aromatic rings. The number of anilines is 1. The minimum atomic E-state index is -1.42. The minimum absolute atomic E-state index is 0.0652. The highest BCUT2D eigenvalue weighted by molar-refractivity contribution is 5.90. The number of ether oxygens (including phenoxy) is 1. The number of aliphatic hydroxyl groups excluding tert-OH is 1. The Kier molecular flexibility index (Phi) is 6.09. The second-order valence-corrected chi connectivity index (χ2v) is 11.6. The monoisotopic (exact) mass is 564 g/mol. The van der Waals surface area contributed by atoms with Gasteiger partial charge in [-0.3, -0.25) is 9.59 Å². The molecule has 0 radical (unpaired) electrons. The van der Waals surface area contributed by atoms with Crippen LogP contribution in [0.5, 0.6) is 5.75 Å². The van der Waals surface area contributed by atoms with E-state index >= 15 is 0 Å². The van der Waals surface area contributed by atoms with Crippen molar-refractivity contribution in [1.82, 2.24) is 15.6 Å². The number of fused-ring (bicyclic) bond motifs is 4. The third-order valence-corrected chi connectivity index (χ3v) is 8.58. The minimum Gasteiger partial charge on any atom is -0.469 e. The van der Waals surface area contributed by atoms with E-state index < -0.39 is 41.6 Å². The number of aryl methyl sites for hydroxylation is 1. The van der Waals surface area contributed by atoms with E-state index in [0.29, 0.717) is 28.7 Å². The number of nitrogens with one attached hydrogen (secondary N) is 3. The summed E-state index contributed by atoms with van der Waals surface area (Å²) in [5.74, 6) is 0.668. The predicted molar refractivity (Wildman–Crippen MR) is 155 cm³/mol. The lowest BCUT2D eigenvalue weighted by atomic mass is 9.72. The third kappa shape index (κ3) is 3.91. The lowest BCUT2D eigenvalue weighted by molar-refractivity contribution is -0.134. The van der Waals surface area contributed by atoms with Crippen LogP contribution < -0.4 is 20.7 Å². The molecule has 42 heavy (non-hydrogen) atoms. The smallest absolute Gasteiger partial charge is 0.254 e. The number of benzene rings is 3. The molecule has 4 heterocycles. The lowest BCUT2D eigenvalue weighted by Crippen LogP contribution is -2.50. The van der Waals surface area contributed by atoms with E-state index in [4.69, 9.17) is 14.1 Å². The maximum Gasteiger partial charge on any atom is 0.254 e. The van der Waals surface area contributed by atoms with Crippen molar-refractivity contribution in [2.45, 2.75) is 57.0 Å². The summed E-state index contributed by atoms with van der Waals surface area (Å²) in [5.41, 5.74) is 4.07. The largest absolute Gasteiger partial charge is 0.469 e. The molecule has 2 unspecified atom stereocenters. The van der Waals surface area contributed by atoms with E-state index in [1.807, 2.05) is 63.2 Å². The Bertz CT molecular complexity index is 1700. The molecule has 3 aromatic carbocycles. The molecule has 5 atom stereocenters. The number of aromatic nitrogens is 1. The molecule has 7 rings (SSSR count). The summed E-state index contributed by atoms with van der Waals surface area (Å²) in [7, 11) is 0. The Labute approximate surface area is 243 Å². The van der Waals surface area contributed by atoms with Gasteiger partial charge in [-0.1, -0.05) is 74.5 Å². The summed E-state index contributed by atoms with van der Waals surface area (Å²) in [4.78, 5) is 31.9. The molecule has 3 aliphatic rings. The maximum atomic E-state index is 13.8. The molecular formula is C33H32N4O5. The fraction of sp³-hybridized carbons (Fsp3) is 0.303. The van der Waals surface area contributed by atoms with E-state index in [1.54, 1.807) is 24.3 Å². The first-order valence-corrected chi connectivity index (χ1v) is 14.2. The van der Waals surface area contributed by atoms with E-state index in [0.717, 1.165) is 22.4 Å². The van der Waals surface area contributed by atoms with Crippen LogP contribution in [-0.2, 0) is 21.4 Å². The Balaban J connectivity index is 1.37. The van der Waals surface area contributed by atoms with E-state index in [1.165, 1.54) is 0 Å². The average molecular weight is 565 g/mol. The van der Waals surface area contributed by atoms with Crippen molar-refractivity contribution in [2.75, 3.05) is 5.32 Å². The zero-order chi connectivity index (χ0) is 29.2. The number of hydrogen-bond acceptors (Lipinski definition) is 7. The summed E-state index contributed by atoms with van der Waals surface area (Å²) in [6.45, 7) is 5.88. The summed E-state index contributed by atoms with van der Waals surface area (Å²) in [5, 5.41) is 20.2. The van der Waals surface area contributed by atoms with Gasteiger partial charge < -0.3 is 30.2 Å². The molecule has 1 aromatic heterocycles. The Morgan fingerprint density at radius 2 is 1.81 bits per heavy atom. The third-order valence-electron chi connectivity index (χ3n) is 8.58. The highest BCUT2D eigenvalue weighted by Crippen LogP contribution is 2.58. The van der Waals surface area contributed by atoms with Crippen molar-refractivity contribution in [1.29, 1.82) is 0 Å². The number of aliphatic hydroxyl groups is 1. The number of rotatable bonds is 4. The van der Waals surface area contributed by atoms with Gasteiger partial charge >= 0.3 is 0 Å². The molecule has 0 aliphatic carbocycles. The van der Waals surface area contributed by atoms with Crippen LogP contribution >= 0.6 is 0 Å². The van der Waals surface area contributed by atoms with E-state index in [9.17, 15) is 14.7 Å². The molecule has 1 spiro atoms. The predicted octanol–water partition coefficient (Wildman–Crippen LogP) is 4.05. The molecule has 3 aliphatic heterocycles. The first kappa shape index (κ1) is 26.3. The second kappa shape index (κ2) is 9.73. The van der Waals surface area contributed by atoms with E-state index in [-0.39, 0.29) is 12.3 Å². The number of carbonyl (C=O) groups excluding carboxylic acids is 2. The molecule has 4 N–H and O–H groups in total. The SMILES string of the molecule is Cc1nc2oc1C13c4ccccc4NC1Oc1ccc(cc13)C[C@H](NC(=O)[C@@H](O)c1ccccc1)C(=O)N[C@H]2C(C)C. The molecule has 9 nitrogen and oxygen atoms in total. The van der Waals surface area contributed by atoms with E-state index in [2.05, 4.69) is 22.0 Å². The fourth-order valence-corrected chi connectivity index (χ4v) is 6.52. The molecule has 9 heteroatoms. The van der Waals surface area contributed by atoms with Gasteiger partial charge in [-0.25, -0.2) is 4.98 Å². The van der Waals surface area contributed by atoms with Crippen molar-refractivity contribution in [2.24, 2.45) is 5.92 Å². The van der Waals surface area contributed by atoms with Crippen LogP contribution in [0.15, 0.2) is 77.2 Å². The molecule has 2 amide bonds. The van der Waals surface area contributed by atoms with Crippen molar-refractivity contribution < 1.29 is 23.8 Å². The van der Waals surface area contributed by atoms with Crippen LogP contribution in [0.4, 0.5) is 5.69 Å². The number of nitrogens with zero attached hydrogens (tertiary/aromatic N) is 1. The van der Waals surface area contributed by atoms with Crippen LogP contribution in [0, 0.1) is 12.8 Å². The molecular weight excluding hydrogens is 532 g/mol. The standard InChI is InChI=1S/C33H32N4O5/c1-17(2)26-31-34-18(3)28(42-31)33-21-11-7-8-12-23(21)36-32(33)41-25-14-13-19(15-22(25)33)16-24(29(39)37-26)35-30(40)27(38)20-9-5-4-6-10-20/h4-15,17,24,26-27,32,36,38H,16H2,1-3H3,(H,35,40)(H,37,39)/t24-,26-,27-,32?,33?/m0/s1. The van der Waals surface area contributed by atoms with Crippen LogP contribution in [-0.4, -0.2) is 34.2 Å². The zero-order valence-corrected chi connectivity index (χ0v) is 23.5. The van der Waals surface area contributed by atoms with Gasteiger partial charge in [0, 0.05) is 17.7 Å². The Hall–Kier alpha value is -4.63. The van der Waals surface area contributed by atoms with Gasteiger partial charge in [0.1, 0.15) is 29.0 Å². The molecule has 0 saturated heterocycles. The highest BCUT2D eigenvalue weighted by Gasteiger charge is 2.60. The van der Waals surface area contributed by atoms with Crippen LogP contribution in [0.3, 0.4) is 0 Å². The average Bonchev–Trinajstić information content (AvgIpc) is 3.62. The van der Waals surface area contributed by atoms with Crippen molar-refractivity contribution in [3.05, 3.63) is 112 Å². The number of oxazole rings is 1. The van der Waals surface area contributed by atoms with Crippen LogP contribution in [0.1, 0.15) is 65.6 Å². The van der Waals surface area contributed by atoms with Gasteiger partial charge in [0.25, 0.3) is 5.91 Å². The quantitative estimate of drug-likeness (QED) is 0.295. The number of hydrogen-bond donors (Lipinski definition) is 4. The summed E-state index contributed by atoms with van der Waals surface area (Å²) < 4.78 is 13.1. The van der Waals surface area contributed by atoms with Crippen LogP contribution in [0.25, 0.3) is 0 Å². The highest BCUT2D eigenvalue weighted by atomic mass is 16.5. The van der Waals surface area contributed by atoms with Gasteiger partial charge in [-0.2, -0.15) is 0 Å². The second-order valence-electron chi connectivity index (χ2n) is 11.6. The molecule has 0 saturated carbocycles. The normalized spacial score (nSPS) is 24.3. The van der Waals surface area contributed by atoms with Crippen molar-refractivity contribution in [3.8, 4) is 5.75 Å². The molecule has 4 bridgehead atoms. The summed E-state index contributed by atoms with van der Waals surface area (Å²) in [6, 6.07) is 21.1. The zero-order valence-electron chi connectivity index (χ0n) is 23.5. The first-order chi connectivity index (χ1) is 20.3. The number of amides is 2. The number of para-hydroxylation sites is 1. The van der Waals surface area contributed by atoms with Gasteiger partial charge in [0.05, 0.1) is 5.69 Å². The Morgan fingerprint density at radius 3 is 2.60 bits per heavy atom. The summed E-state index contributed by atoms with van der Waals surface area (Å²) >= 11 is 0. The summed E-state index contributed by atoms with van der Waals surface area (Å²) in [6.07, 6.45) is -1.67. The van der Waals surface area contributed by atoms with Gasteiger partial charge in [0.2, 0.25) is 11.8 Å². The first-order valence-electron chi connectivity index (χ1n) is 14.2. The van der Waals surface area contributed by atoms with Gasteiger partial charge in [0.15, 0.2) is 12.3 Å². The fourth-order valence-electron chi connectivity index (χ4n) is 6.52. The van der Waals surface area contributed by atoms with Gasteiger partial charge in [-0.05, 0) is 41.7 Å². The topological polar surface area (TPSA) is 126 Å². The number of carbonyl (C=O) groups is 2. The molecule has 214 valence electrons. The molecule has 0 fully saturated rings. The van der Waals surface area contributed by atoms with Crippen LogP contribution in [0.2, 0.25) is 0 Å². The van der Waals surface area contributed by atoms with Crippen molar-refractivity contribution in [3.63, 3.8) is 0 Å².